The largest absolute Gasteiger partial charge is 0.480 e. The van der Waals surface area contributed by atoms with E-state index in [2.05, 4.69) is 9.72 Å². The third-order valence-electron chi connectivity index (χ3n) is 1.65. The average molecular weight is 256 g/mol. The summed E-state index contributed by atoms with van der Waals surface area (Å²) in [5.41, 5.74) is -1.21. The van der Waals surface area contributed by atoms with Crippen LogP contribution in [0.1, 0.15) is 5.56 Å². The van der Waals surface area contributed by atoms with Crippen LogP contribution in [0.2, 0.25) is 0 Å². The van der Waals surface area contributed by atoms with Crippen LogP contribution in [0.25, 0.3) is 0 Å². The first-order valence-corrected chi connectivity index (χ1v) is 5.35. The molecule has 0 aliphatic carbocycles. The van der Waals surface area contributed by atoms with Crippen LogP contribution in [-0.2, 0) is 16.2 Å². The number of methoxy groups -OCH3 is 1. The molecule has 0 radical (unpaired) electrons. The van der Waals surface area contributed by atoms with Gasteiger partial charge in [-0.25, -0.2) is 18.5 Å². The number of aromatic nitrogens is 1. The number of nitrogens with zero attached hydrogens (tertiary/aromatic N) is 1. The zero-order valence-electron chi connectivity index (χ0n) is 7.95. The Hall–Kier alpha value is -1.35. The van der Waals surface area contributed by atoms with Crippen LogP contribution in [-0.4, -0.2) is 20.5 Å². The quantitative estimate of drug-likeness (QED) is 0.846. The minimum absolute atomic E-state index is 0.376. The molecule has 0 aliphatic heterocycles. The van der Waals surface area contributed by atoms with Crippen LogP contribution >= 0.6 is 0 Å². The van der Waals surface area contributed by atoms with E-state index < -0.39 is 32.5 Å². The molecule has 0 bridgehead atoms. The first kappa shape index (κ1) is 12.7. The first-order valence-electron chi connectivity index (χ1n) is 3.80. The zero-order chi connectivity index (χ0) is 12.6. The van der Waals surface area contributed by atoms with E-state index in [4.69, 9.17) is 5.14 Å². The summed E-state index contributed by atoms with van der Waals surface area (Å²) in [6, 6.07) is 0.376. The van der Waals surface area contributed by atoms with E-state index in [-0.39, 0.29) is 0 Å². The molecule has 0 unspecified atom stereocenters. The third-order valence-corrected chi connectivity index (χ3v) is 2.55. The van der Waals surface area contributed by atoms with Crippen LogP contribution in [0.15, 0.2) is 17.2 Å². The van der Waals surface area contributed by atoms with Crippen molar-refractivity contribution in [2.75, 3.05) is 7.11 Å². The van der Waals surface area contributed by atoms with E-state index in [1.807, 2.05) is 0 Å². The maximum atomic E-state index is 12.3. The second kappa shape index (κ2) is 3.91. The van der Waals surface area contributed by atoms with Gasteiger partial charge in [-0.05, 0) is 6.07 Å². The molecule has 90 valence electrons. The first-order chi connectivity index (χ1) is 7.16. The van der Waals surface area contributed by atoms with Gasteiger partial charge in [-0.1, -0.05) is 0 Å². The summed E-state index contributed by atoms with van der Waals surface area (Å²) in [5.74, 6) is -0.476. The Morgan fingerprint density at radius 3 is 2.38 bits per heavy atom. The topological polar surface area (TPSA) is 82.3 Å². The SMILES string of the molecule is COc1ncc(C(F)(F)F)cc1S(N)(=O)=O. The molecule has 0 spiro atoms. The monoisotopic (exact) mass is 256 g/mol. The number of hydrogen-bond acceptors (Lipinski definition) is 4. The van der Waals surface area contributed by atoms with Gasteiger partial charge in [-0.15, -0.1) is 0 Å². The van der Waals surface area contributed by atoms with Crippen molar-refractivity contribution in [1.82, 2.24) is 4.98 Å². The normalized spacial score (nSPS) is 12.6. The lowest BCUT2D eigenvalue weighted by atomic mass is 10.3. The lowest BCUT2D eigenvalue weighted by Crippen LogP contribution is -2.16. The lowest BCUT2D eigenvalue weighted by molar-refractivity contribution is -0.138. The van der Waals surface area contributed by atoms with Gasteiger partial charge in [0.25, 0.3) is 0 Å². The summed E-state index contributed by atoms with van der Waals surface area (Å²) in [7, 11) is -3.24. The number of nitrogens with two attached hydrogens (primary N) is 1. The number of alkyl halides is 3. The molecule has 16 heavy (non-hydrogen) atoms. The van der Waals surface area contributed by atoms with Crippen molar-refractivity contribution >= 4 is 10.0 Å². The molecular weight excluding hydrogens is 249 g/mol. The van der Waals surface area contributed by atoms with Gasteiger partial charge < -0.3 is 4.74 Å². The van der Waals surface area contributed by atoms with Crippen LogP contribution in [0.3, 0.4) is 0 Å². The summed E-state index contributed by atoms with van der Waals surface area (Å²) in [4.78, 5) is 2.43. The minimum Gasteiger partial charge on any atom is -0.480 e. The van der Waals surface area contributed by atoms with Crippen LogP contribution in [0, 0.1) is 0 Å². The zero-order valence-corrected chi connectivity index (χ0v) is 8.76. The fraction of sp³-hybridized carbons (Fsp3) is 0.286. The van der Waals surface area contributed by atoms with Gasteiger partial charge in [0.2, 0.25) is 15.9 Å². The molecule has 0 atom stereocenters. The van der Waals surface area contributed by atoms with Crippen molar-refractivity contribution < 1.29 is 26.3 Å². The number of primary sulfonamides is 1. The standard InChI is InChI=1S/C7H7F3N2O3S/c1-15-6-5(16(11,13)14)2-4(3-12-6)7(8,9)10/h2-3H,1H3,(H2,11,13,14). The van der Waals surface area contributed by atoms with E-state index in [1.165, 1.54) is 0 Å². The average Bonchev–Trinajstić information content (AvgIpc) is 2.14. The highest BCUT2D eigenvalue weighted by Crippen LogP contribution is 2.32. The number of halogens is 3. The summed E-state index contributed by atoms with van der Waals surface area (Å²) in [5, 5.41) is 4.73. The van der Waals surface area contributed by atoms with E-state index >= 15 is 0 Å². The summed E-state index contributed by atoms with van der Waals surface area (Å²) < 4.78 is 63.3. The second-order valence-corrected chi connectivity index (χ2v) is 4.30. The predicted octanol–water partition coefficient (Wildman–Crippen LogP) is 0.756. The lowest BCUT2D eigenvalue weighted by Gasteiger charge is -2.09. The van der Waals surface area contributed by atoms with Crippen molar-refractivity contribution in [2.24, 2.45) is 5.14 Å². The van der Waals surface area contributed by atoms with Crippen molar-refractivity contribution in [3.05, 3.63) is 17.8 Å². The fourth-order valence-electron chi connectivity index (χ4n) is 0.944. The predicted molar refractivity (Wildman–Crippen MR) is 47.2 cm³/mol. The highest BCUT2D eigenvalue weighted by molar-refractivity contribution is 7.89. The van der Waals surface area contributed by atoms with Gasteiger partial charge in [-0.2, -0.15) is 13.2 Å². The van der Waals surface area contributed by atoms with E-state index in [0.29, 0.717) is 12.3 Å². The maximum Gasteiger partial charge on any atom is 0.417 e. The van der Waals surface area contributed by atoms with Gasteiger partial charge in [0.05, 0.1) is 12.7 Å². The molecule has 5 nitrogen and oxygen atoms in total. The Labute approximate surface area is 89.1 Å². The molecule has 0 aliphatic rings. The second-order valence-electron chi connectivity index (χ2n) is 2.77. The van der Waals surface area contributed by atoms with E-state index in [1.54, 1.807) is 0 Å². The molecule has 1 rings (SSSR count). The molecule has 0 aromatic carbocycles. The van der Waals surface area contributed by atoms with Crippen LogP contribution in [0.4, 0.5) is 13.2 Å². The number of ether oxygens (including phenoxy) is 1. The highest BCUT2D eigenvalue weighted by atomic mass is 32.2. The minimum atomic E-state index is -4.70. The molecule has 1 aromatic rings. The highest BCUT2D eigenvalue weighted by Gasteiger charge is 2.33. The molecule has 0 saturated carbocycles. The smallest absolute Gasteiger partial charge is 0.417 e. The number of rotatable bonds is 2. The third kappa shape index (κ3) is 2.61. The van der Waals surface area contributed by atoms with E-state index in [9.17, 15) is 21.6 Å². The Kier molecular flexibility index (Phi) is 3.10. The molecule has 0 fully saturated rings. The van der Waals surface area contributed by atoms with Gasteiger partial charge in [0.15, 0.2) is 0 Å². The van der Waals surface area contributed by atoms with Gasteiger partial charge >= 0.3 is 6.18 Å². The number of hydrogen-bond donors (Lipinski definition) is 1. The Bertz CT molecular complexity index is 498. The molecule has 1 aromatic heterocycles. The Morgan fingerprint density at radius 1 is 1.44 bits per heavy atom. The molecule has 2 N–H and O–H groups in total. The van der Waals surface area contributed by atoms with Gasteiger partial charge in [0.1, 0.15) is 4.90 Å². The molecule has 0 saturated heterocycles. The van der Waals surface area contributed by atoms with E-state index in [0.717, 1.165) is 7.11 Å². The number of pyridine rings is 1. The van der Waals surface area contributed by atoms with Crippen molar-refractivity contribution in [2.45, 2.75) is 11.1 Å². The van der Waals surface area contributed by atoms with Crippen molar-refractivity contribution in [3.8, 4) is 5.88 Å². The summed E-state index contributed by atoms with van der Waals surface area (Å²) in [6.07, 6.45) is -4.23. The van der Waals surface area contributed by atoms with Gasteiger partial charge in [-0.3, -0.25) is 0 Å². The fourth-order valence-corrected chi connectivity index (χ4v) is 1.61. The molecule has 1 heterocycles. The van der Waals surface area contributed by atoms with Crippen molar-refractivity contribution in [1.29, 1.82) is 0 Å². The summed E-state index contributed by atoms with van der Waals surface area (Å²) >= 11 is 0. The Morgan fingerprint density at radius 2 is 2.00 bits per heavy atom. The van der Waals surface area contributed by atoms with Gasteiger partial charge in [0, 0.05) is 6.20 Å². The maximum absolute atomic E-state index is 12.3. The van der Waals surface area contributed by atoms with Crippen LogP contribution in [0.5, 0.6) is 5.88 Å². The number of sulfonamides is 1. The summed E-state index contributed by atoms with van der Waals surface area (Å²) in [6.45, 7) is 0. The molecular formula is C7H7F3N2O3S. The Balaban J connectivity index is 3.46. The van der Waals surface area contributed by atoms with Crippen molar-refractivity contribution in [3.63, 3.8) is 0 Å². The van der Waals surface area contributed by atoms with Crippen LogP contribution < -0.4 is 9.88 Å². The molecule has 0 amide bonds. The molecule has 9 heteroatoms.